The first-order valence-corrected chi connectivity index (χ1v) is 8.72. The van der Waals surface area contributed by atoms with Gasteiger partial charge < -0.3 is 4.74 Å². The Balaban J connectivity index is 2.22. The highest BCUT2D eigenvalue weighted by molar-refractivity contribution is 8.07. The summed E-state index contributed by atoms with van der Waals surface area (Å²) in [6.07, 6.45) is 0.0831. The fraction of sp³-hybridized carbons (Fsp3) is 0.533. The van der Waals surface area contributed by atoms with Crippen LogP contribution in [0.15, 0.2) is 24.3 Å². The van der Waals surface area contributed by atoms with Gasteiger partial charge in [0.1, 0.15) is 5.75 Å². The van der Waals surface area contributed by atoms with E-state index in [9.17, 15) is 4.79 Å². The average molecular weight is 296 g/mol. The third-order valence-electron chi connectivity index (χ3n) is 2.96. The van der Waals surface area contributed by atoms with Gasteiger partial charge in [0, 0.05) is 16.8 Å². The maximum Gasteiger partial charge on any atom is 0.180 e. The quantitative estimate of drug-likeness (QED) is 0.787. The minimum Gasteiger partial charge on any atom is -0.490 e. The highest BCUT2D eigenvalue weighted by Gasteiger charge is 2.31. The van der Waals surface area contributed by atoms with E-state index < -0.39 is 0 Å². The monoisotopic (exact) mass is 296 g/mol. The number of ether oxygens (including phenoxy) is 1. The van der Waals surface area contributed by atoms with Crippen molar-refractivity contribution in [3.8, 4) is 5.75 Å². The number of carbonyl (C=O) groups is 1. The first-order valence-electron chi connectivity index (χ1n) is 6.62. The number of hydrogen-bond donors (Lipinski definition) is 0. The molecule has 2 nitrogen and oxygen atoms in total. The van der Waals surface area contributed by atoms with Crippen molar-refractivity contribution in [1.82, 2.24) is 0 Å². The van der Waals surface area contributed by atoms with Crippen LogP contribution in [-0.4, -0.2) is 33.9 Å². The summed E-state index contributed by atoms with van der Waals surface area (Å²) < 4.78 is 5.76. The zero-order valence-corrected chi connectivity index (χ0v) is 13.2. The van der Waals surface area contributed by atoms with E-state index in [-0.39, 0.29) is 17.1 Å². The van der Waals surface area contributed by atoms with E-state index >= 15 is 0 Å². The smallest absolute Gasteiger partial charge is 0.180 e. The molecule has 0 bridgehead atoms. The van der Waals surface area contributed by atoms with Crippen molar-refractivity contribution in [3.05, 3.63) is 29.8 Å². The lowest BCUT2D eigenvalue weighted by Gasteiger charge is -2.27. The third kappa shape index (κ3) is 3.69. The molecule has 1 aromatic carbocycles. The van der Waals surface area contributed by atoms with E-state index in [0.717, 1.165) is 17.1 Å². The predicted molar refractivity (Wildman–Crippen MR) is 84.7 cm³/mol. The third-order valence-corrected chi connectivity index (χ3v) is 6.05. The Labute approximate surface area is 123 Å². The molecule has 2 atom stereocenters. The van der Waals surface area contributed by atoms with E-state index in [4.69, 9.17) is 4.74 Å². The number of carbonyl (C=O) groups excluding carboxylic acids is 1. The number of hydrogen-bond acceptors (Lipinski definition) is 4. The minimum absolute atomic E-state index is 0.0515. The minimum atomic E-state index is 0.0515. The van der Waals surface area contributed by atoms with E-state index in [2.05, 4.69) is 6.92 Å². The maximum atomic E-state index is 12.7. The standard InChI is InChI=1S/C15H20O2S2/c1-10(2)17-13-7-5-4-6-12(13)14(16)15-11(3)18-8-9-19-15/h4-7,10-11,15H,8-9H2,1-3H3. The summed E-state index contributed by atoms with van der Waals surface area (Å²) in [6.45, 7) is 6.11. The first kappa shape index (κ1) is 14.8. The molecule has 1 aromatic rings. The summed E-state index contributed by atoms with van der Waals surface area (Å²) in [5, 5.41) is 0.425. The molecule has 4 heteroatoms. The van der Waals surface area contributed by atoms with Gasteiger partial charge in [-0.2, -0.15) is 11.8 Å². The number of ketones is 1. The van der Waals surface area contributed by atoms with Gasteiger partial charge >= 0.3 is 0 Å². The summed E-state index contributed by atoms with van der Waals surface area (Å²) in [5.74, 6) is 3.12. The lowest BCUT2D eigenvalue weighted by molar-refractivity contribution is 0.0984. The Hall–Kier alpha value is -0.610. The Morgan fingerprint density at radius 1 is 1.26 bits per heavy atom. The van der Waals surface area contributed by atoms with Gasteiger partial charge in [-0.25, -0.2) is 0 Å². The van der Waals surface area contributed by atoms with Crippen LogP contribution in [-0.2, 0) is 0 Å². The zero-order valence-electron chi connectivity index (χ0n) is 11.6. The molecule has 0 amide bonds. The van der Waals surface area contributed by atoms with Gasteiger partial charge in [0.25, 0.3) is 0 Å². The van der Waals surface area contributed by atoms with Gasteiger partial charge in [-0.3, -0.25) is 4.79 Å². The van der Waals surface area contributed by atoms with E-state index in [1.807, 2.05) is 49.9 Å². The van der Waals surface area contributed by atoms with Crippen LogP contribution in [0.1, 0.15) is 31.1 Å². The molecule has 0 N–H and O–H groups in total. The molecule has 1 aliphatic rings. The molecular weight excluding hydrogens is 276 g/mol. The fourth-order valence-corrected chi connectivity index (χ4v) is 4.82. The lowest BCUT2D eigenvalue weighted by atomic mass is 10.1. The van der Waals surface area contributed by atoms with Gasteiger partial charge in [-0.15, -0.1) is 11.8 Å². The molecule has 2 rings (SSSR count). The predicted octanol–water partition coefficient (Wildman–Crippen LogP) is 3.89. The van der Waals surface area contributed by atoms with E-state index in [0.29, 0.717) is 11.0 Å². The molecule has 0 saturated carbocycles. The molecule has 0 aliphatic carbocycles. The Bertz CT molecular complexity index is 446. The number of rotatable bonds is 4. The molecule has 1 saturated heterocycles. The van der Waals surface area contributed by atoms with Crippen LogP contribution >= 0.6 is 23.5 Å². The normalized spacial score (nSPS) is 23.4. The zero-order chi connectivity index (χ0) is 13.8. The van der Waals surface area contributed by atoms with Gasteiger partial charge in [-0.1, -0.05) is 19.1 Å². The van der Waals surface area contributed by atoms with Crippen LogP contribution in [0, 0.1) is 0 Å². The summed E-state index contributed by atoms with van der Waals surface area (Å²) >= 11 is 3.66. The van der Waals surface area contributed by atoms with Crippen LogP contribution in [0.25, 0.3) is 0 Å². The van der Waals surface area contributed by atoms with Crippen molar-refractivity contribution in [1.29, 1.82) is 0 Å². The van der Waals surface area contributed by atoms with Crippen molar-refractivity contribution in [3.63, 3.8) is 0 Å². The second kappa shape index (κ2) is 6.71. The molecule has 1 aliphatic heterocycles. The van der Waals surface area contributed by atoms with Gasteiger partial charge in [-0.05, 0) is 26.0 Å². The van der Waals surface area contributed by atoms with Crippen molar-refractivity contribution in [2.24, 2.45) is 0 Å². The second-order valence-corrected chi connectivity index (χ2v) is 7.63. The van der Waals surface area contributed by atoms with Crippen LogP contribution < -0.4 is 4.74 Å². The number of Topliss-reactive ketones (excluding diaryl/α,β-unsaturated/α-hetero) is 1. The number of para-hydroxylation sites is 1. The van der Waals surface area contributed by atoms with Crippen molar-refractivity contribution < 1.29 is 9.53 Å². The highest BCUT2D eigenvalue weighted by Crippen LogP contribution is 2.34. The first-order chi connectivity index (χ1) is 9.09. The average Bonchev–Trinajstić information content (AvgIpc) is 2.38. The summed E-state index contributed by atoms with van der Waals surface area (Å²) in [6, 6.07) is 7.59. The largest absolute Gasteiger partial charge is 0.490 e. The van der Waals surface area contributed by atoms with Crippen LogP contribution in [0.3, 0.4) is 0 Å². The van der Waals surface area contributed by atoms with Crippen LogP contribution in [0.5, 0.6) is 5.75 Å². The molecular formula is C15H20O2S2. The van der Waals surface area contributed by atoms with Gasteiger partial charge in [0.15, 0.2) is 5.78 Å². The van der Waals surface area contributed by atoms with Crippen molar-refractivity contribution in [2.45, 2.75) is 37.4 Å². The number of thioether (sulfide) groups is 2. The molecule has 1 fully saturated rings. The molecule has 0 radical (unpaired) electrons. The molecule has 0 spiro atoms. The fourth-order valence-electron chi connectivity index (χ4n) is 2.10. The van der Waals surface area contributed by atoms with Crippen LogP contribution in [0.4, 0.5) is 0 Å². The highest BCUT2D eigenvalue weighted by atomic mass is 32.2. The maximum absolute atomic E-state index is 12.7. The Kier molecular flexibility index (Phi) is 5.22. The summed E-state index contributed by atoms with van der Waals surface area (Å²) in [4.78, 5) is 12.7. The Morgan fingerprint density at radius 3 is 2.63 bits per heavy atom. The molecule has 1 heterocycles. The number of benzene rings is 1. The summed E-state index contributed by atoms with van der Waals surface area (Å²) in [5.41, 5.74) is 0.725. The second-order valence-electron chi connectivity index (χ2n) is 4.89. The SMILES string of the molecule is CC(C)Oc1ccccc1C(=O)C1SCCSC1C. The lowest BCUT2D eigenvalue weighted by Crippen LogP contribution is -2.31. The van der Waals surface area contributed by atoms with E-state index in [1.165, 1.54) is 0 Å². The molecule has 0 aromatic heterocycles. The topological polar surface area (TPSA) is 26.3 Å². The van der Waals surface area contributed by atoms with Crippen molar-refractivity contribution >= 4 is 29.3 Å². The molecule has 2 unspecified atom stereocenters. The van der Waals surface area contributed by atoms with Gasteiger partial charge in [0.05, 0.1) is 16.9 Å². The molecule has 19 heavy (non-hydrogen) atoms. The van der Waals surface area contributed by atoms with E-state index in [1.54, 1.807) is 11.8 Å². The summed E-state index contributed by atoms with van der Waals surface area (Å²) in [7, 11) is 0. The van der Waals surface area contributed by atoms with Crippen LogP contribution in [0.2, 0.25) is 0 Å². The molecule has 104 valence electrons. The van der Waals surface area contributed by atoms with Crippen molar-refractivity contribution in [2.75, 3.05) is 11.5 Å². The van der Waals surface area contributed by atoms with Gasteiger partial charge in [0.2, 0.25) is 0 Å². The Morgan fingerprint density at radius 2 is 1.95 bits per heavy atom.